The summed E-state index contributed by atoms with van der Waals surface area (Å²) < 4.78 is 0. The third-order valence-electron chi connectivity index (χ3n) is 2.21. The van der Waals surface area contributed by atoms with Crippen LogP contribution in [-0.2, 0) is 9.59 Å². The summed E-state index contributed by atoms with van der Waals surface area (Å²) in [5.74, 6) is -4.16. The van der Waals surface area contributed by atoms with Gasteiger partial charge in [-0.15, -0.1) is 0 Å². The van der Waals surface area contributed by atoms with Crippen molar-refractivity contribution in [2.75, 3.05) is 0 Å². The Labute approximate surface area is 79.1 Å². The van der Waals surface area contributed by atoms with Gasteiger partial charge in [-0.05, 0) is 0 Å². The molecule has 0 saturated heterocycles. The SMILES string of the molecule is O=C(O)C1=C(O)CC(C(=O)O)C(O)C1. The molecule has 0 fully saturated rings. The Kier molecular flexibility index (Phi) is 2.76. The van der Waals surface area contributed by atoms with Crippen molar-refractivity contribution in [3.05, 3.63) is 11.3 Å². The van der Waals surface area contributed by atoms with Gasteiger partial charge in [0.25, 0.3) is 0 Å². The lowest BCUT2D eigenvalue weighted by Crippen LogP contribution is -2.34. The van der Waals surface area contributed by atoms with E-state index in [0.717, 1.165) is 0 Å². The Hall–Kier alpha value is -1.56. The summed E-state index contributed by atoms with van der Waals surface area (Å²) in [6.07, 6.45) is -1.93. The highest BCUT2D eigenvalue weighted by molar-refractivity contribution is 5.88. The Bertz CT molecular complexity index is 305. The third kappa shape index (κ3) is 1.85. The molecule has 0 spiro atoms. The Morgan fingerprint density at radius 3 is 2.21 bits per heavy atom. The van der Waals surface area contributed by atoms with Gasteiger partial charge in [0.2, 0.25) is 0 Å². The number of hydrogen-bond acceptors (Lipinski definition) is 4. The van der Waals surface area contributed by atoms with Crippen molar-refractivity contribution in [2.45, 2.75) is 18.9 Å². The molecule has 0 aromatic heterocycles. The van der Waals surface area contributed by atoms with E-state index >= 15 is 0 Å². The van der Waals surface area contributed by atoms with Crippen molar-refractivity contribution in [2.24, 2.45) is 5.92 Å². The van der Waals surface area contributed by atoms with Gasteiger partial charge in [0.05, 0.1) is 17.6 Å². The van der Waals surface area contributed by atoms with Crippen LogP contribution >= 0.6 is 0 Å². The van der Waals surface area contributed by atoms with Crippen molar-refractivity contribution in [1.29, 1.82) is 0 Å². The van der Waals surface area contributed by atoms with Crippen molar-refractivity contribution in [3.8, 4) is 0 Å². The van der Waals surface area contributed by atoms with Gasteiger partial charge >= 0.3 is 11.9 Å². The molecule has 1 aliphatic carbocycles. The molecule has 6 heteroatoms. The van der Waals surface area contributed by atoms with Crippen LogP contribution in [0.15, 0.2) is 11.3 Å². The molecule has 0 saturated carbocycles. The first-order valence-electron chi connectivity index (χ1n) is 3.98. The number of carbonyl (C=O) groups is 2. The average Bonchev–Trinajstić information content (AvgIpc) is 2.07. The number of carboxylic acid groups (broad SMARTS) is 2. The highest BCUT2D eigenvalue weighted by Gasteiger charge is 2.35. The van der Waals surface area contributed by atoms with Crippen LogP contribution in [-0.4, -0.2) is 38.5 Å². The summed E-state index contributed by atoms with van der Waals surface area (Å²) in [4.78, 5) is 21.1. The summed E-state index contributed by atoms with van der Waals surface area (Å²) in [5, 5.41) is 35.7. The summed E-state index contributed by atoms with van der Waals surface area (Å²) in [7, 11) is 0. The number of hydrogen-bond donors (Lipinski definition) is 4. The lowest BCUT2D eigenvalue weighted by atomic mass is 9.85. The van der Waals surface area contributed by atoms with Crippen molar-refractivity contribution >= 4 is 11.9 Å². The number of aliphatic hydroxyl groups excluding tert-OH is 2. The van der Waals surface area contributed by atoms with E-state index in [1.165, 1.54) is 0 Å². The van der Waals surface area contributed by atoms with Gasteiger partial charge in [-0.3, -0.25) is 4.79 Å². The third-order valence-corrected chi connectivity index (χ3v) is 2.21. The molecule has 0 aliphatic heterocycles. The molecule has 2 atom stereocenters. The molecule has 0 radical (unpaired) electrons. The first-order valence-corrected chi connectivity index (χ1v) is 3.98. The predicted molar refractivity (Wildman–Crippen MR) is 43.7 cm³/mol. The molecule has 0 bridgehead atoms. The molecule has 0 aromatic carbocycles. The first-order chi connectivity index (χ1) is 6.43. The van der Waals surface area contributed by atoms with Crippen LogP contribution in [0.1, 0.15) is 12.8 Å². The van der Waals surface area contributed by atoms with Crippen molar-refractivity contribution < 1.29 is 30.0 Å². The van der Waals surface area contributed by atoms with E-state index in [1.807, 2.05) is 0 Å². The average molecular weight is 202 g/mol. The van der Waals surface area contributed by atoms with Crippen LogP contribution in [0, 0.1) is 5.92 Å². The number of aliphatic hydroxyl groups is 2. The standard InChI is InChI=1S/C8H10O6/c9-5-1-3(7(11)12)6(10)2-4(5)8(13)14/h3,6,9-10H,1-2H2,(H,11,12)(H,13,14). The quantitative estimate of drug-likeness (QED) is 0.490. The maximum atomic E-state index is 10.5. The fourth-order valence-electron chi connectivity index (χ4n) is 1.40. The van der Waals surface area contributed by atoms with Gasteiger partial charge in [-0.25, -0.2) is 4.79 Å². The molecule has 0 aromatic rings. The van der Waals surface area contributed by atoms with E-state index in [4.69, 9.17) is 10.2 Å². The number of allylic oxidation sites excluding steroid dienone is 1. The minimum absolute atomic E-state index is 0.310. The molecule has 0 amide bonds. The van der Waals surface area contributed by atoms with Crippen LogP contribution < -0.4 is 0 Å². The Morgan fingerprint density at radius 1 is 1.21 bits per heavy atom. The highest BCUT2D eigenvalue weighted by Crippen LogP contribution is 2.28. The second-order valence-corrected chi connectivity index (χ2v) is 3.15. The number of carboxylic acids is 2. The molecule has 14 heavy (non-hydrogen) atoms. The fourth-order valence-corrected chi connectivity index (χ4v) is 1.40. The molecular formula is C8H10O6. The molecule has 1 rings (SSSR count). The molecule has 2 unspecified atom stereocenters. The van der Waals surface area contributed by atoms with E-state index in [2.05, 4.69) is 0 Å². The fraction of sp³-hybridized carbons (Fsp3) is 0.500. The molecule has 1 aliphatic rings. The van der Waals surface area contributed by atoms with Crippen LogP contribution in [0.2, 0.25) is 0 Å². The van der Waals surface area contributed by atoms with Gasteiger partial charge in [0, 0.05) is 12.8 Å². The van der Waals surface area contributed by atoms with Gasteiger partial charge in [-0.2, -0.15) is 0 Å². The van der Waals surface area contributed by atoms with Gasteiger partial charge < -0.3 is 20.4 Å². The molecular weight excluding hydrogens is 192 g/mol. The zero-order chi connectivity index (χ0) is 10.9. The maximum Gasteiger partial charge on any atom is 0.335 e. The monoisotopic (exact) mass is 202 g/mol. The van der Waals surface area contributed by atoms with Crippen LogP contribution in [0.5, 0.6) is 0 Å². The van der Waals surface area contributed by atoms with Crippen LogP contribution in [0.25, 0.3) is 0 Å². The molecule has 0 heterocycles. The number of rotatable bonds is 2. The largest absolute Gasteiger partial charge is 0.512 e. The van der Waals surface area contributed by atoms with Gasteiger partial charge in [0.1, 0.15) is 5.76 Å². The van der Waals surface area contributed by atoms with Crippen LogP contribution in [0.4, 0.5) is 0 Å². The first kappa shape index (κ1) is 10.5. The summed E-state index contributed by atoms with van der Waals surface area (Å²) in [6, 6.07) is 0. The van der Waals surface area contributed by atoms with E-state index in [9.17, 15) is 19.8 Å². The van der Waals surface area contributed by atoms with Crippen molar-refractivity contribution in [1.82, 2.24) is 0 Å². The van der Waals surface area contributed by atoms with E-state index in [1.54, 1.807) is 0 Å². The Morgan fingerprint density at radius 2 is 1.79 bits per heavy atom. The minimum Gasteiger partial charge on any atom is -0.512 e. The highest BCUT2D eigenvalue weighted by atomic mass is 16.4. The minimum atomic E-state index is -1.33. The zero-order valence-electron chi connectivity index (χ0n) is 7.17. The second kappa shape index (κ2) is 3.67. The second-order valence-electron chi connectivity index (χ2n) is 3.15. The molecule has 78 valence electrons. The van der Waals surface area contributed by atoms with Crippen molar-refractivity contribution in [3.63, 3.8) is 0 Å². The maximum absolute atomic E-state index is 10.5. The number of aliphatic carboxylic acids is 2. The zero-order valence-corrected chi connectivity index (χ0v) is 7.17. The summed E-state index contributed by atoms with van der Waals surface area (Å²) in [5.41, 5.74) is -0.310. The lowest BCUT2D eigenvalue weighted by Gasteiger charge is -2.24. The van der Waals surface area contributed by atoms with Gasteiger partial charge in [0.15, 0.2) is 0 Å². The lowest BCUT2D eigenvalue weighted by molar-refractivity contribution is -0.147. The predicted octanol–water partition coefficient (Wildman–Crippen LogP) is -0.261. The molecule has 4 N–H and O–H groups in total. The van der Waals surface area contributed by atoms with E-state index < -0.39 is 29.7 Å². The summed E-state index contributed by atoms with van der Waals surface area (Å²) >= 11 is 0. The smallest absolute Gasteiger partial charge is 0.335 e. The van der Waals surface area contributed by atoms with E-state index in [0.29, 0.717) is 0 Å². The summed E-state index contributed by atoms with van der Waals surface area (Å²) in [6.45, 7) is 0. The van der Waals surface area contributed by atoms with Crippen LogP contribution in [0.3, 0.4) is 0 Å². The Balaban J connectivity index is 2.91. The molecule has 6 nitrogen and oxygen atoms in total. The normalized spacial score (nSPS) is 27.5. The van der Waals surface area contributed by atoms with E-state index in [-0.39, 0.29) is 18.4 Å². The topological polar surface area (TPSA) is 115 Å². The van der Waals surface area contributed by atoms with Gasteiger partial charge in [-0.1, -0.05) is 0 Å².